The fourth-order valence-electron chi connectivity index (χ4n) is 2.62. The van der Waals surface area contributed by atoms with E-state index in [0.717, 1.165) is 16.9 Å². The lowest BCUT2D eigenvalue weighted by atomic mass is 9.84. The summed E-state index contributed by atoms with van der Waals surface area (Å²) in [4.78, 5) is 11.8. The molecule has 0 saturated heterocycles. The van der Waals surface area contributed by atoms with Crippen LogP contribution in [0.1, 0.15) is 23.5 Å². The van der Waals surface area contributed by atoms with Gasteiger partial charge in [-0.2, -0.15) is 0 Å². The van der Waals surface area contributed by atoms with Crippen LogP contribution >= 0.6 is 0 Å². The third-order valence-electron chi connectivity index (χ3n) is 3.70. The number of phenolic OH excluding ortho intramolecular Hbond substituents is 2. The van der Waals surface area contributed by atoms with Gasteiger partial charge in [-0.15, -0.1) is 0 Å². The predicted molar refractivity (Wildman–Crippen MR) is 77.9 cm³/mol. The molecule has 0 spiro atoms. The smallest absolute Gasteiger partial charge is 0.225 e. The summed E-state index contributed by atoms with van der Waals surface area (Å²) in [6, 6.07) is 10.3. The number of aromatic hydroxyl groups is 2. The SMILES string of the molecule is COc1ccc(C2CC(=O)Nc3cc(O)c(O)cc32)cc1. The second-order valence-electron chi connectivity index (χ2n) is 5.01. The number of ether oxygens (including phenoxy) is 1. The normalized spacial score (nSPS) is 17.0. The van der Waals surface area contributed by atoms with Gasteiger partial charge in [-0.3, -0.25) is 4.79 Å². The molecule has 1 heterocycles. The molecule has 0 saturated carbocycles. The number of carbonyl (C=O) groups excluding carboxylic acids is 1. The number of phenols is 2. The van der Waals surface area contributed by atoms with E-state index in [1.54, 1.807) is 7.11 Å². The van der Waals surface area contributed by atoms with Gasteiger partial charge in [0, 0.05) is 24.1 Å². The Balaban J connectivity index is 2.07. The lowest BCUT2D eigenvalue weighted by Crippen LogP contribution is -2.23. The number of methoxy groups -OCH3 is 1. The van der Waals surface area contributed by atoms with Crippen LogP contribution in [-0.4, -0.2) is 23.2 Å². The highest BCUT2D eigenvalue weighted by atomic mass is 16.5. The molecule has 0 fully saturated rings. The number of benzene rings is 2. The third kappa shape index (κ3) is 2.38. The Morgan fingerprint density at radius 3 is 2.48 bits per heavy atom. The Morgan fingerprint density at radius 1 is 1.14 bits per heavy atom. The van der Waals surface area contributed by atoms with Crippen molar-refractivity contribution in [1.82, 2.24) is 0 Å². The van der Waals surface area contributed by atoms with E-state index in [1.807, 2.05) is 24.3 Å². The van der Waals surface area contributed by atoms with E-state index in [0.29, 0.717) is 12.1 Å². The first-order chi connectivity index (χ1) is 10.1. The van der Waals surface area contributed by atoms with Gasteiger partial charge in [0.05, 0.1) is 7.11 Å². The second-order valence-corrected chi connectivity index (χ2v) is 5.01. The minimum Gasteiger partial charge on any atom is -0.504 e. The minimum atomic E-state index is -0.246. The van der Waals surface area contributed by atoms with E-state index in [1.165, 1.54) is 12.1 Å². The molecule has 0 bridgehead atoms. The molecule has 0 aliphatic carbocycles. The van der Waals surface area contributed by atoms with Crippen molar-refractivity contribution in [3.63, 3.8) is 0 Å². The average molecular weight is 285 g/mol. The molecule has 1 unspecified atom stereocenters. The lowest BCUT2D eigenvalue weighted by molar-refractivity contribution is -0.116. The number of amides is 1. The molecule has 5 heteroatoms. The van der Waals surface area contributed by atoms with E-state index in [-0.39, 0.29) is 23.3 Å². The zero-order chi connectivity index (χ0) is 15.0. The van der Waals surface area contributed by atoms with E-state index < -0.39 is 0 Å². The molecule has 0 radical (unpaired) electrons. The van der Waals surface area contributed by atoms with E-state index in [9.17, 15) is 15.0 Å². The summed E-state index contributed by atoms with van der Waals surface area (Å²) >= 11 is 0. The average Bonchev–Trinajstić information content (AvgIpc) is 2.48. The molecular formula is C16H15NO4. The molecule has 0 aromatic heterocycles. The number of rotatable bonds is 2. The van der Waals surface area contributed by atoms with E-state index in [4.69, 9.17) is 4.74 Å². The molecule has 2 aromatic carbocycles. The van der Waals surface area contributed by atoms with Gasteiger partial charge in [-0.1, -0.05) is 12.1 Å². The number of hydrogen-bond acceptors (Lipinski definition) is 4. The van der Waals surface area contributed by atoms with Crippen LogP contribution in [0.2, 0.25) is 0 Å². The summed E-state index contributed by atoms with van der Waals surface area (Å²) in [5, 5.41) is 22.0. The van der Waals surface area contributed by atoms with Crippen molar-refractivity contribution < 1.29 is 19.7 Å². The highest BCUT2D eigenvalue weighted by Gasteiger charge is 2.27. The molecule has 3 rings (SSSR count). The Hall–Kier alpha value is -2.69. The largest absolute Gasteiger partial charge is 0.504 e. The highest BCUT2D eigenvalue weighted by Crippen LogP contribution is 2.42. The highest BCUT2D eigenvalue weighted by molar-refractivity contribution is 5.95. The van der Waals surface area contributed by atoms with Gasteiger partial charge in [0.15, 0.2) is 11.5 Å². The Morgan fingerprint density at radius 2 is 1.81 bits per heavy atom. The van der Waals surface area contributed by atoms with E-state index in [2.05, 4.69) is 5.32 Å². The topological polar surface area (TPSA) is 78.8 Å². The number of nitrogens with one attached hydrogen (secondary N) is 1. The molecule has 1 amide bonds. The van der Waals surface area contributed by atoms with Crippen LogP contribution < -0.4 is 10.1 Å². The van der Waals surface area contributed by atoms with Crippen molar-refractivity contribution in [1.29, 1.82) is 0 Å². The van der Waals surface area contributed by atoms with Crippen molar-refractivity contribution in [2.45, 2.75) is 12.3 Å². The summed E-state index contributed by atoms with van der Waals surface area (Å²) in [6.07, 6.45) is 0.295. The number of anilines is 1. The molecule has 1 atom stereocenters. The van der Waals surface area contributed by atoms with Crippen molar-refractivity contribution in [2.24, 2.45) is 0 Å². The van der Waals surface area contributed by atoms with Crippen LogP contribution in [0.4, 0.5) is 5.69 Å². The summed E-state index contributed by atoms with van der Waals surface area (Å²) in [7, 11) is 1.60. The first kappa shape index (κ1) is 13.3. The molecule has 5 nitrogen and oxygen atoms in total. The zero-order valence-corrected chi connectivity index (χ0v) is 11.5. The van der Waals surface area contributed by atoms with Crippen molar-refractivity contribution >= 4 is 11.6 Å². The van der Waals surface area contributed by atoms with Crippen LogP contribution in [-0.2, 0) is 4.79 Å². The fourth-order valence-corrected chi connectivity index (χ4v) is 2.62. The summed E-state index contributed by atoms with van der Waals surface area (Å²) < 4.78 is 5.13. The van der Waals surface area contributed by atoms with Crippen LogP contribution in [0.5, 0.6) is 17.2 Å². The van der Waals surface area contributed by atoms with Crippen LogP contribution in [0, 0.1) is 0 Å². The molecule has 2 aromatic rings. The molecule has 1 aliphatic rings. The van der Waals surface area contributed by atoms with Crippen LogP contribution in [0.15, 0.2) is 36.4 Å². The molecule has 21 heavy (non-hydrogen) atoms. The van der Waals surface area contributed by atoms with Gasteiger partial charge >= 0.3 is 0 Å². The number of hydrogen-bond donors (Lipinski definition) is 3. The minimum absolute atomic E-state index is 0.117. The van der Waals surface area contributed by atoms with Gasteiger partial charge < -0.3 is 20.3 Å². The predicted octanol–water partition coefficient (Wildman–Crippen LogP) is 2.58. The van der Waals surface area contributed by atoms with Crippen molar-refractivity contribution in [2.75, 3.05) is 12.4 Å². The Labute approximate surface area is 121 Å². The van der Waals surface area contributed by atoms with Gasteiger partial charge in [0.25, 0.3) is 0 Å². The van der Waals surface area contributed by atoms with Gasteiger partial charge in [-0.05, 0) is 29.3 Å². The molecule has 3 N–H and O–H groups in total. The Kier molecular flexibility index (Phi) is 3.17. The van der Waals surface area contributed by atoms with Crippen molar-refractivity contribution in [3.8, 4) is 17.2 Å². The van der Waals surface area contributed by atoms with Gasteiger partial charge in [0.1, 0.15) is 5.75 Å². The van der Waals surface area contributed by atoms with Gasteiger partial charge in [-0.25, -0.2) is 0 Å². The molecule has 108 valence electrons. The first-order valence-electron chi connectivity index (χ1n) is 6.58. The number of fused-ring (bicyclic) bond motifs is 1. The summed E-state index contributed by atoms with van der Waals surface area (Å²) in [5.41, 5.74) is 2.27. The zero-order valence-electron chi connectivity index (χ0n) is 11.5. The van der Waals surface area contributed by atoms with E-state index >= 15 is 0 Å². The van der Waals surface area contributed by atoms with Gasteiger partial charge in [0.2, 0.25) is 5.91 Å². The Bertz CT molecular complexity index is 694. The maximum Gasteiger partial charge on any atom is 0.225 e. The summed E-state index contributed by atoms with van der Waals surface area (Å²) in [6.45, 7) is 0. The maximum atomic E-state index is 11.8. The monoisotopic (exact) mass is 285 g/mol. The standard InChI is InChI=1S/C16H15NO4/c1-21-10-4-2-9(3-5-10)11-7-16(20)17-13-8-15(19)14(18)6-12(11)13/h2-6,8,11,18-19H,7H2,1H3,(H,17,20). The molecule has 1 aliphatic heterocycles. The maximum absolute atomic E-state index is 11.8. The van der Waals surface area contributed by atoms with Crippen molar-refractivity contribution in [3.05, 3.63) is 47.5 Å². The van der Waals surface area contributed by atoms with Crippen LogP contribution in [0.3, 0.4) is 0 Å². The molecular weight excluding hydrogens is 270 g/mol. The quantitative estimate of drug-likeness (QED) is 0.585. The number of carbonyl (C=O) groups is 1. The second kappa shape index (κ2) is 5.01. The van der Waals surface area contributed by atoms with Crippen LogP contribution in [0.25, 0.3) is 0 Å². The third-order valence-corrected chi connectivity index (χ3v) is 3.70. The first-order valence-corrected chi connectivity index (χ1v) is 6.58. The summed E-state index contributed by atoms with van der Waals surface area (Å²) in [5.74, 6) is 0.0280. The lowest BCUT2D eigenvalue weighted by Gasteiger charge is -2.26. The fraction of sp³-hybridized carbons (Fsp3) is 0.188.